The molecule has 4 aliphatic rings. The van der Waals surface area contributed by atoms with Gasteiger partial charge in [-0.25, -0.2) is 0 Å². The van der Waals surface area contributed by atoms with Crippen LogP contribution in [-0.4, -0.2) is 88.0 Å². The summed E-state index contributed by atoms with van der Waals surface area (Å²) in [4.78, 5) is 41.0. The van der Waals surface area contributed by atoms with Crippen molar-refractivity contribution in [2.45, 2.75) is 37.5 Å². The van der Waals surface area contributed by atoms with Gasteiger partial charge in [0.15, 0.2) is 0 Å². The van der Waals surface area contributed by atoms with Crippen molar-refractivity contribution in [2.75, 3.05) is 39.8 Å². The first-order chi connectivity index (χ1) is 14.6. The number of carbonyl (C=O) groups excluding carboxylic acids is 2. The average Bonchev–Trinajstić information content (AvgIpc) is 3.41. The van der Waals surface area contributed by atoms with Crippen LogP contribution < -0.4 is 0 Å². The normalized spacial score (nSPS) is 32.6. The molecule has 5 heterocycles. The standard InChI is InChI=1S/C22H29N5O3/c1-25(14-16-13-23-7-8-24-16)20(28)18-17-5-6-22(30-17)15-27(21(29)19(18)22)12-11-26-9-3-2-4-10-26/h5-8,13,17-19H,2-4,9-12,14-15H2,1H3/t17-,18?,19?,22-/m0/s1. The molecule has 2 unspecified atom stereocenters. The molecule has 0 N–H and O–H groups in total. The van der Waals surface area contributed by atoms with Crippen LogP contribution in [0.15, 0.2) is 30.7 Å². The molecule has 3 fully saturated rings. The van der Waals surface area contributed by atoms with Crippen molar-refractivity contribution < 1.29 is 14.3 Å². The number of carbonyl (C=O) groups is 2. The maximum absolute atomic E-state index is 13.3. The lowest BCUT2D eigenvalue weighted by atomic mass is 9.76. The molecule has 0 saturated carbocycles. The Bertz CT molecular complexity index is 840. The SMILES string of the molecule is CN(Cc1cnccn1)C(=O)C1C2C(=O)N(CCN3CCCCC3)C[C@@]23C=C[C@@H]1O3. The molecule has 30 heavy (non-hydrogen) atoms. The molecule has 0 radical (unpaired) electrons. The van der Waals surface area contributed by atoms with Crippen molar-refractivity contribution in [3.8, 4) is 0 Å². The molecule has 3 saturated heterocycles. The topological polar surface area (TPSA) is 78.9 Å². The first kappa shape index (κ1) is 19.6. The summed E-state index contributed by atoms with van der Waals surface area (Å²) < 4.78 is 6.25. The van der Waals surface area contributed by atoms with E-state index in [9.17, 15) is 9.59 Å². The van der Waals surface area contributed by atoms with E-state index < -0.39 is 17.4 Å². The van der Waals surface area contributed by atoms with Gasteiger partial charge in [-0.2, -0.15) is 0 Å². The number of piperidine rings is 1. The minimum Gasteiger partial charge on any atom is -0.360 e. The zero-order valence-corrected chi connectivity index (χ0v) is 17.4. The van der Waals surface area contributed by atoms with Crippen LogP contribution in [0.5, 0.6) is 0 Å². The monoisotopic (exact) mass is 411 g/mol. The van der Waals surface area contributed by atoms with Gasteiger partial charge in [-0.05, 0) is 25.9 Å². The Morgan fingerprint density at radius 3 is 2.87 bits per heavy atom. The number of likely N-dealkylation sites (tertiary alicyclic amines) is 2. The minimum absolute atomic E-state index is 0.0603. The van der Waals surface area contributed by atoms with Crippen LogP contribution >= 0.6 is 0 Å². The smallest absolute Gasteiger partial charge is 0.230 e. The Kier molecular flexibility index (Phi) is 5.06. The lowest BCUT2D eigenvalue weighted by Gasteiger charge is -2.29. The van der Waals surface area contributed by atoms with E-state index in [-0.39, 0.29) is 17.9 Å². The lowest BCUT2D eigenvalue weighted by Crippen LogP contribution is -2.45. The Labute approximate surface area is 176 Å². The summed E-state index contributed by atoms with van der Waals surface area (Å²) in [6.45, 7) is 4.75. The highest BCUT2D eigenvalue weighted by Crippen LogP contribution is 2.52. The van der Waals surface area contributed by atoms with E-state index in [1.165, 1.54) is 19.3 Å². The molecule has 2 amide bonds. The van der Waals surface area contributed by atoms with Crippen molar-refractivity contribution in [1.82, 2.24) is 24.7 Å². The van der Waals surface area contributed by atoms with E-state index >= 15 is 0 Å². The fraction of sp³-hybridized carbons (Fsp3) is 0.636. The van der Waals surface area contributed by atoms with Gasteiger partial charge in [0.2, 0.25) is 11.8 Å². The van der Waals surface area contributed by atoms with Crippen LogP contribution in [0.2, 0.25) is 0 Å². The highest BCUT2D eigenvalue weighted by Gasteiger charge is 2.67. The summed E-state index contributed by atoms with van der Waals surface area (Å²) in [5.74, 6) is -0.895. The number of hydrogen-bond donors (Lipinski definition) is 0. The van der Waals surface area contributed by atoms with Crippen LogP contribution in [-0.2, 0) is 20.9 Å². The molecule has 1 spiro atoms. The Hall–Kier alpha value is -2.32. The Balaban J connectivity index is 1.28. The molecule has 5 rings (SSSR count). The second kappa shape index (κ2) is 7.74. The van der Waals surface area contributed by atoms with Crippen molar-refractivity contribution in [2.24, 2.45) is 11.8 Å². The van der Waals surface area contributed by atoms with Gasteiger partial charge in [0, 0.05) is 32.5 Å². The van der Waals surface area contributed by atoms with Crippen LogP contribution in [0.4, 0.5) is 0 Å². The summed E-state index contributed by atoms with van der Waals surface area (Å²) in [5.41, 5.74) is 0.0840. The fourth-order valence-electron chi connectivity index (χ4n) is 5.48. The third kappa shape index (κ3) is 3.32. The number of rotatable bonds is 6. The average molecular weight is 412 g/mol. The molecule has 8 nitrogen and oxygen atoms in total. The van der Waals surface area contributed by atoms with E-state index in [0.29, 0.717) is 19.6 Å². The Morgan fingerprint density at radius 1 is 1.27 bits per heavy atom. The molecule has 4 atom stereocenters. The second-order valence-electron chi connectivity index (χ2n) is 8.95. The third-order valence-corrected chi connectivity index (χ3v) is 6.99. The predicted octanol–water partition coefficient (Wildman–Crippen LogP) is 0.703. The summed E-state index contributed by atoms with van der Waals surface area (Å²) in [6, 6.07) is 0. The van der Waals surface area contributed by atoms with Crippen molar-refractivity contribution in [1.29, 1.82) is 0 Å². The van der Waals surface area contributed by atoms with Crippen LogP contribution in [0.3, 0.4) is 0 Å². The fourth-order valence-corrected chi connectivity index (χ4v) is 5.48. The molecule has 1 aromatic rings. The lowest BCUT2D eigenvalue weighted by molar-refractivity contribution is -0.142. The number of fused-ring (bicyclic) bond motifs is 1. The maximum Gasteiger partial charge on any atom is 0.230 e. The van der Waals surface area contributed by atoms with E-state index in [1.807, 2.05) is 17.1 Å². The number of aromatic nitrogens is 2. The van der Waals surface area contributed by atoms with Crippen LogP contribution in [0, 0.1) is 11.8 Å². The van der Waals surface area contributed by atoms with Gasteiger partial charge in [-0.1, -0.05) is 18.6 Å². The number of ether oxygens (including phenoxy) is 1. The van der Waals surface area contributed by atoms with Gasteiger partial charge in [-0.15, -0.1) is 0 Å². The van der Waals surface area contributed by atoms with Gasteiger partial charge in [0.25, 0.3) is 0 Å². The highest BCUT2D eigenvalue weighted by atomic mass is 16.5. The molecule has 1 aromatic heterocycles. The zero-order chi connectivity index (χ0) is 20.7. The Morgan fingerprint density at radius 2 is 2.10 bits per heavy atom. The quantitative estimate of drug-likeness (QED) is 0.642. The third-order valence-electron chi connectivity index (χ3n) is 6.99. The predicted molar refractivity (Wildman–Crippen MR) is 109 cm³/mol. The number of hydrogen-bond acceptors (Lipinski definition) is 6. The van der Waals surface area contributed by atoms with Crippen LogP contribution in [0.25, 0.3) is 0 Å². The first-order valence-corrected chi connectivity index (χ1v) is 11.0. The summed E-state index contributed by atoms with van der Waals surface area (Å²) in [7, 11) is 1.76. The van der Waals surface area contributed by atoms with Crippen LogP contribution in [0.1, 0.15) is 25.0 Å². The number of nitrogens with zero attached hydrogens (tertiary/aromatic N) is 5. The van der Waals surface area contributed by atoms with E-state index in [2.05, 4.69) is 14.9 Å². The molecule has 4 aliphatic heterocycles. The zero-order valence-electron chi connectivity index (χ0n) is 17.4. The number of amides is 2. The van der Waals surface area contributed by atoms with Crippen molar-refractivity contribution in [3.63, 3.8) is 0 Å². The van der Waals surface area contributed by atoms with Gasteiger partial charge in [0.05, 0.1) is 42.9 Å². The maximum atomic E-state index is 13.3. The second-order valence-corrected chi connectivity index (χ2v) is 8.95. The summed E-state index contributed by atoms with van der Waals surface area (Å²) in [5, 5.41) is 0. The first-order valence-electron chi connectivity index (χ1n) is 11.0. The molecule has 0 aromatic carbocycles. The summed E-state index contributed by atoms with van der Waals surface area (Å²) in [6.07, 6.45) is 12.3. The van der Waals surface area contributed by atoms with Gasteiger partial charge in [-0.3, -0.25) is 19.6 Å². The van der Waals surface area contributed by atoms with E-state index in [0.717, 1.165) is 25.3 Å². The van der Waals surface area contributed by atoms with Gasteiger partial charge < -0.3 is 19.4 Å². The molecule has 160 valence electrons. The summed E-state index contributed by atoms with van der Waals surface area (Å²) >= 11 is 0. The van der Waals surface area contributed by atoms with Crippen molar-refractivity contribution >= 4 is 11.8 Å². The largest absolute Gasteiger partial charge is 0.360 e. The minimum atomic E-state index is -0.642. The van der Waals surface area contributed by atoms with E-state index in [1.54, 1.807) is 30.5 Å². The molecule has 8 heteroatoms. The molecule has 0 aliphatic carbocycles. The van der Waals surface area contributed by atoms with Gasteiger partial charge >= 0.3 is 0 Å². The molecular weight excluding hydrogens is 382 g/mol. The molecule has 2 bridgehead atoms. The highest BCUT2D eigenvalue weighted by molar-refractivity contribution is 5.93. The van der Waals surface area contributed by atoms with Gasteiger partial charge in [0.1, 0.15) is 5.60 Å². The molecular formula is C22H29N5O3. The van der Waals surface area contributed by atoms with Crippen molar-refractivity contribution in [3.05, 3.63) is 36.4 Å². The van der Waals surface area contributed by atoms with E-state index in [4.69, 9.17) is 4.74 Å².